The lowest BCUT2D eigenvalue weighted by Crippen LogP contribution is -2.23. The van der Waals surface area contributed by atoms with Gasteiger partial charge < -0.3 is 4.90 Å². The van der Waals surface area contributed by atoms with Crippen molar-refractivity contribution in [1.29, 1.82) is 0 Å². The van der Waals surface area contributed by atoms with Crippen molar-refractivity contribution in [2.75, 3.05) is 18.8 Å². The van der Waals surface area contributed by atoms with Crippen LogP contribution in [0.5, 0.6) is 0 Å². The Labute approximate surface area is 66.0 Å². The molecule has 0 radical (unpaired) electrons. The minimum absolute atomic E-state index is 0.264. The molecule has 0 spiro atoms. The highest BCUT2D eigenvalue weighted by atomic mass is 32.2. The standard InChI is InChI=1S/C7H13NOS/c1-2-10-7(9)8-5-3-4-6-8/h2-6H2,1H3. The summed E-state index contributed by atoms with van der Waals surface area (Å²) in [5.41, 5.74) is 0. The monoisotopic (exact) mass is 159 g/mol. The number of carbonyl (C=O) groups is 1. The first-order chi connectivity index (χ1) is 4.84. The fourth-order valence-corrected chi connectivity index (χ4v) is 1.73. The van der Waals surface area contributed by atoms with Crippen LogP contribution in [0.25, 0.3) is 0 Å². The van der Waals surface area contributed by atoms with E-state index in [-0.39, 0.29) is 5.24 Å². The average molecular weight is 159 g/mol. The van der Waals surface area contributed by atoms with Crippen LogP contribution < -0.4 is 0 Å². The van der Waals surface area contributed by atoms with Gasteiger partial charge in [0.05, 0.1) is 0 Å². The van der Waals surface area contributed by atoms with Crippen molar-refractivity contribution in [3.05, 3.63) is 0 Å². The number of nitrogens with zero attached hydrogens (tertiary/aromatic N) is 1. The van der Waals surface area contributed by atoms with E-state index in [0.717, 1.165) is 18.8 Å². The van der Waals surface area contributed by atoms with Gasteiger partial charge in [-0.3, -0.25) is 4.79 Å². The normalized spacial score (nSPS) is 17.9. The zero-order chi connectivity index (χ0) is 7.40. The number of hydrogen-bond acceptors (Lipinski definition) is 2. The molecule has 1 heterocycles. The van der Waals surface area contributed by atoms with Crippen molar-refractivity contribution >= 4 is 17.0 Å². The molecule has 1 fully saturated rings. The van der Waals surface area contributed by atoms with Gasteiger partial charge in [-0.15, -0.1) is 0 Å². The van der Waals surface area contributed by atoms with Crippen molar-refractivity contribution in [2.24, 2.45) is 0 Å². The van der Waals surface area contributed by atoms with E-state index >= 15 is 0 Å². The second kappa shape index (κ2) is 3.86. The second-order valence-electron chi connectivity index (χ2n) is 2.39. The van der Waals surface area contributed by atoms with Crippen LogP contribution in [-0.2, 0) is 0 Å². The summed E-state index contributed by atoms with van der Waals surface area (Å²) in [6.07, 6.45) is 2.38. The molecule has 0 bridgehead atoms. The van der Waals surface area contributed by atoms with Gasteiger partial charge in [-0.05, 0) is 18.6 Å². The molecule has 1 rings (SSSR count). The molecular weight excluding hydrogens is 146 g/mol. The number of carbonyl (C=O) groups excluding carboxylic acids is 1. The van der Waals surface area contributed by atoms with Gasteiger partial charge in [0.15, 0.2) is 0 Å². The first kappa shape index (κ1) is 7.92. The second-order valence-corrected chi connectivity index (χ2v) is 3.61. The smallest absolute Gasteiger partial charge is 0.281 e. The van der Waals surface area contributed by atoms with Gasteiger partial charge >= 0.3 is 0 Å². The molecule has 1 saturated heterocycles. The molecule has 1 aliphatic rings. The minimum atomic E-state index is 0.264. The van der Waals surface area contributed by atoms with Crippen LogP contribution in [0.3, 0.4) is 0 Å². The summed E-state index contributed by atoms with van der Waals surface area (Å²) in [5, 5.41) is 0.264. The lowest BCUT2D eigenvalue weighted by atomic mass is 10.4. The van der Waals surface area contributed by atoms with Crippen LogP contribution in [0, 0.1) is 0 Å². The predicted octanol–water partition coefficient (Wildman–Crippen LogP) is 1.96. The number of rotatable bonds is 1. The molecule has 0 atom stereocenters. The van der Waals surface area contributed by atoms with E-state index in [1.807, 2.05) is 11.8 Å². The van der Waals surface area contributed by atoms with Crippen LogP contribution in [0.1, 0.15) is 19.8 Å². The van der Waals surface area contributed by atoms with E-state index in [9.17, 15) is 4.79 Å². The summed E-state index contributed by atoms with van der Waals surface area (Å²) in [4.78, 5) is 13.1. The van der Waals surface area contributed by atoms with Crippen molar-refractivity contribution < 1.29 is 4.79 Å². The Morgan fingerprint density at radius 2 is 2.10 bits per heavy atom. The van der Waals surface area contributed by atoms with Crippen molar-refractivity contribution in [2.45, 2.75) is 19.8 Å². The number of hydrogen-bond donors (Lipinski definition) is 0. The molecule has 58 valence electrons. The van der Waals surface area contributed by atoms with E-state index < -0.39 is 0 Å². The Morgan fingerprint density at radius 3 is 2.60 bits per heavy atom. The van der Waals surface area contributed by atoms with E-state index in [2.05, 4.69) is 0 Å². The summed E-state index contributed by atoms with van der Waals surface area (Å²) in [6, 6.07) is 0. The molecule has 0 aliphatic carbocycles. The lowest BCUT2D eigenvalue weighted by molar-refractivity contribution is 0.233. The summed E-state index contributed by atoms with van der Waals surface area (Å²) in [6.45, 7) is 3.97. The summed E-state index contributed by atoms with van der Waals surface area (Å²) >= 11 is 1.42. The molecule has 0 aromatic rings. The highest BCUT2D eigenvalue weighted by Crippen LogP contribution is 2.14. The fourth-order valence-electron chi connectivity index (χ4n) is 1.11. The molecule has 10 heavy (non-hydrogen) atoms. The van der Waals surface area contributed by atoms with Gasteiger partial charge in [-0.1, -0.05) is 18.7 Å². The quantitative estimate of drug-likeness (QED) is 0.583. The average Bonchev–Trinajstić information content (AvgIpc) is 2.38. The third kappa shape index (κ3) is 1.90. The van der Waals surface area contributed by atoms with Gasteiger partial charge in [0, 0.05) is 13.1 Å². The Kier molecular flexibility index (Phi) is 3.06. The maximum atomic E-state index is 11.1. The Hall–Kier alpha value is -0.180. The Morgan fingerprint density at radius 1 is 1.50 bits per heavy atom. The van der Waals surface area contributed by atoms with E-state index in [4.69, 9.17) is 0 Å². The third-order valence-electron chi connectivity index (χ3n) is 1.63. The molecule has 2 nitrogen and oxygen atoms in total. The number of likely N-dealkylation sites (tertiary alicyclic amines) is 1. The Balaban J connectivity index is 2.25. The first-order valence-electron chi connectivity index (χ1n) is 3.76. The summed E-state index contributed by atoms with van der Waals surface area (Å²) in [7, 11) is 0. The number of amides is 1. The maximum absolute atomic E-state index is 11.1. The molecule has 0 N–H and O–H groups in total. The van der Waals surface area contributed by atoms with Crippen molar-refractivity contribution in [1.82, 2.24) is 4.90 Å². The Bertz CT molecular complexity index is 121. The molecule has 0 saturated carbocycles. The molecule has 1 aliphatic heterocycles. The van der Waals surface area contributed by atoms with Gasteiger partial charge in [0.2, 0.25) is 0 Å². The van der Waals surface area contributed by atoms with Gasteiger partial charge in [-0.25, -0.2) is 0 Å². The summed E-state index contributed by atoms with van der Waals surface area (Å²) in [5.74, 6) is 0.898. The lowest BCUT2D eigenvalue weighted by Gasteiger charge is -2.12. The zero-order valence-electron chi connectivity index (χ0n) is 6.30. The highest BCUT2D eigenvalue weighted by molar-refractivity contribution is 8.13. The zero-order valence-corrected chi connectivity index (χ0v) is 7.12. The van der Waals surface area contributed by atoms with Crippen LogP contribution in [0.2, 0.25) is 0 Å². The van der Waals surface area contributed by atoms with E-state index in [1.54, 1.807) is 0 Å². The molecule has 0 unspecified atom stereocenters. The summed E-state index contributed by atoms with van der Waals surface area (Å²) < 4.78 is 0. The minimum Gasteiger partial charge on any atom is -0.334 e. The van der Waals surface area contributed by atoms with Gasteiger partial charge in [0.1, 0.15) is 0 Å². The van der Waals surface area contributed by atoms with Gasteiger partial charge in [0.25, 0.3) is 5.24 Å². The van der Waals surface area contributed by atoms with E-state index in [0.29, 0.717) is 0 Å². The highest BCUT2D eigenvalue weighted by Gasteiger charge is 2.16. The largest absolute Gasteiger partial charge is 0.334 e. The van der Waals surface area contributed by atoms with Gasteiger partial charge in [-0.2, -0.15) is 0 Å². The molecule has 3 heteroatoms. The van der Waals surface area contributed by atoms with Crippen LogP contribution >= 0.6 is 11.8 Å². The SMILES string of the molecule is CCSC(=O)N1CCCC1. The topological polar surface area (TPSA) is 20.3 Å². The fraction of sp³-hybridized carbons (Fsp3) is 0.857. The molecule has 0 aromatic carbocycles. The van der Waals surface area contributed by atoms with Crippen LogP contribution in [0.15, 0.2) is 0 Å². The molecule has 1 amide bonds. The van der Waals surface area contributed by atoms with Crippen LogP contribution in [-0.4, -0.2) is 29.0 Å². The molecule has 0 aromatic heterocycles. The van der Waals surface area contributed by atoms with Crippen molar-refractivity contribution in [3.8, 4) is 0 Å². The maximum Gasteiger partial charge on any atom is 0.281 e. The first-order valence-corrected chi connectivity index (χ1v) is 4.75. The van der Waals surface area contributed by atoms with Crippen molar-refractivity contribution in [3.63, 3.8) is 0 Å². The van der Waals surface area contributed by atoms with E-state index in [1.165, 1.54) is 24.6 Å². The van der Waals surface area contributed by atoms with Crippen LogP contribution in [0.4, 0.5) is 4.79 Å². The third-order valence-corrected chi connectivity index (χ3v) is 2.43. The predicted molar refractivity (Wildman–Crippen MR) is 44.3 cm³/mol. The molecular formula is C7H13NOS. The number of thioether (sulfide) groups is 1.